The van der Waals surface area contributed by atoms with Crippen LogP contribution in [0.5, 0.6) is 0 Å². The van der Waals surface area contributed by atoms with Gasteiger partial charge in [0.05, 0.1) is 51.7 Å². The molecule has 2 amide bonds. The molecule has 0 spiro atoms. The maximum absolute atomic E-state index is 14.4. The molecule has 6 nitrogen and oxygen atoms in total. The molecule has 1 aromatic heterocycles. The lowest BCUT2D eigenvalue weighted by Gasteiger charge is -2.15. The zero-order valence-corrected chi connectivity index (χ0v) is 27.6. The summed E-state index contributed by atoms with van der Waals surface area (Å²) < 4.78 is 2.07. The van der Waals surface area contributed by atoms with Gasteiger partial charge in [0.1, 0.15) is 0 Å². The van der Waals surface area contributed by atoms with Gasteiger partial charge < -0.3 is 4.57 Å². The summed E-state index contributed by atoms with van der Waals surface area (Å²) in [6.45, 7) is 7.36. The summed E-state index contributed by atoms with van der Waals surface area (Å²) >= 11 is 0. The van der Waals surface area contributed by atoms with Crippen molar-refractivity contribution in [3.8, 4) is 45.1 Å². The van der Waals surface area contributed by atoms with E-state index in [0.29, 0.717) is 33.8 Å². The van der Waals surface area contributed by atoms with Gasteiger partial charge in [-0.1, -0.05) is 97.1 Å². The van der Waals surface area contributed by atoms with Gasteiger partial charge in [-0.25, -0.2) is 9.74 Å². The van der Waals surface area contributed by atoms with Gasteiger partial charge >= 0.3 is 0 Å². The van der Waals surface area contributed by atoms with Crippen LogP contribution < -0.4 is 4.90 Å². The summed E-state index contributed by atoms with van der Waals surface area (Å²) in [5, 5.41) is 11.3. The Morgan fingerprint density at radius 2 is 1.08 bits per heavy atom. The van der Waals surface area contributed by atoms with Gasteiger partial charge in [0.25, 0.3) is 11.8 Å². The van der Waals surface area contributed by atoms with E-state index in [1.54, 1.807) is 6.07 Å². The second-order valence-corrected chi connectivity index (χ2v) is 12.7. The van der Waals surface area contributed by atoms with Crippen molar-refractivity contribution >= 4 is 45.0 Å². The molecule has 1 aliphatic heterocycles. The van der Waals surface area contributed by atoms with Crippen molar-refractivity contribution in [2.24, 2.45) is 0 Å². The number of nitrogens with zero attached hydrogens (tertiary/aromatic N) is 4. The summed E-state index contributed by atoms with van der Waals surface area (Å²) in [6, 6.07) is 52.6. The molecule has 2 heterocycles. The van der Waals surface area contributed by atoms with Crippen LogP contribution in [0.3, 0.4) is 0 Å². The average Bonchev–Trinajstić information content (AvgIpc) is 3.67. The normalized spacial score (nSPS) is 12.2. The number of anilines is 1. The molecular formula is C46H26N4O2. The molecule has 6 heteroatoms. The van der Waals surface area contributed by atoms with Crippen molar-refractivity contribution in [1.29, 1.82) is 5.26 Å². The number of imide groups is 1. The van der Waals surface area contributed by atoms with Crippen LogP contribution in [-0.2, 0) is 0 Å². The van der Waals surface area contributed by atoms with Gasteiger partial charge in [0.2, 0.25) is 0 Å². The van der Waals surface area contributed by atoms with Gasteiger partial charge in [0.15, 0.2) is 5.69 Å². The van der Waals surface area contributed by atoms with Crippen molar-refractivity contribution in [2.45, 2.75) is 0 Å². The van der Waals surface area contributed by atoms with E-state index < -0.39 is 0 Å². The van der Waals surface area contributed by atoms with Gasteiger partial charge in [0, 0.05) is 10.8 Å². The fourth-order valence-corrected chi connectivity index (χ4v) is 7.23. The van der Waals surface area contributed by atoms with Crippen molar-refractivity contribution < 1.29 is 9.59 Å². The van der Waals surface area contributed by atoms with Gasteiger partial charge in [-0.05, 0) is 94.0 Å². The van der Waals surface area contributed by atoms with Crippen molar-refractivity contribution in [3.05, 3.63) is 186 Å². The Morgan fingerprint density at radius 3 is 1.67 bits per heavy atom. The number of fused-ring (bicyclic) bond motifs is 4. The van der Waals surface area contributed by atoms with E-state index in [1.807, 2.05) is 133 Å². The molecule has 1 aliphatic rings. The Bertz CT molecular complexity index is 2710. The van der Waals surface area contributed by atoms with E-state index in [0.717, 1.165) is 55.2 Å². The molecular weight excluding hydrogens is 641 g/mol. The Kier molecular flexibility index (Phi) is 7.10. The van der Waals surface area contributed by atoms with E-state index in [-0.39, 0.29) is 11.8 Å². The van der Waals surface area contributed by atoms with Gasteiger partial charge in [-0.15, -0.1) is 0 Å². The quantitative estimate of drug-likeness (QED) is 0.136. The highest BCUT2D eigenvalue weighted by Gasteiger charge is 2.39. The maximum atomic E-state index is 14.4. The minimum Gasteiger partial charge on any atom is -0.308 e. The molecule has 9 rings (SSSR count). The zero-order valence-electron chi connectivity index (χ0n) is 27.6. The molecule has 0 unspecified atom stereocenters. The lowest BCUT2D eigenvalue weighted by atomic mass is 9.99. The molecule has 242 valence electrons. The minimum absolute atomic E-state index is 0.355. The van der Waals surface area contributed by atoms with Gasteiger partial charge in [-0.2, -0.15) is 5.26 Å². The fourth-order valence-electron chi connectivity index (χ4n) is 7.23. The number of nitriles is 1. The monoisotopic (exact) mass is 666 g/mol. The van der Waals surface area contributed by atoms with Crippen molar-refractivity contribution in [2.75, 3.05) is 4.90 Å². The third kappa shape index (κ3) is 4.87. The molecule has 0 bridgehead atoms. The Hall–Kier alpha value is -7.54. The van der Waals surface area contributed by atoms with Crippen LogP contribution in [0.2, 0.25) is 0 Å². The third-order valence-corrected chi connectivity index (χ3v) is 9.81. The summed E-state index contributed by atoms with van der Waals surface area (Å²) in [4.78, 5) is 33.2. The molecule has 0 atom stereocenters. The molecule has 0 fully saturated rings. The first-order chi connectivity index (χ1) is 25.5. The summed E-state index contributed by atoms with van der Waals surface area (Å²) in [6.07, 6.45) is 0. The van der Waals surface area contributed by atoms with Gasteiger partial charge in [-0.3, -0.25) is 9.59 Å². The van der Waals surface area contributed by atoms with Crippen LogP contribution in [0.4, 0.5) is 11.4 Å². The number of carbonyl (C=O) groups excluding carboxylic acids is 2. The lowest BCUT2D eigenvalue weighted by Crippen LogP contribution is -2.29. The van der Waals surface area contributed by atoms with E-state index >= 15 is 0 Å². The van der Waals surface area contributed by atoms with Crippen LogP contribution in [0, 0.1) is 17.9 Å². The predicted molar refractivity (Wildman–Crippen MR) is 206 cm³/mol. The third-order valence-electron chi connectivity index (χ3n) is 9.81. The molecule has 8 aromatic rings. The summed E-state index contributed by atoms with van der Waals surface area (Å²) in [5.41, 5.74) is 10.8. The topological polar surface area (TPSA) is 70.5 Å². The molecule has 52 heavy (non-hydrogen) atoms. The highest BCUT2D eigenvalue weighted by atomic mass is 16.2. The second kappa shape index (κ2) is 12.1. The highest BCUT2D eigenvalue weighted by Crippen LogP contribution is 2.40. The second-order valence-electron chi connectivity index (χ2n) is 12.7. The van der Waals surface area contributed by atoms with E-state index in [9.17, 15) is 14.9 Å². The van der Waals surface area contributed by atoms with Crippen LogP contribution in [0.15, 0.2) is 158 Å². The molecule has 0 N–H and O–H groups in total. The highest BCUT2D eigenvalue weighted by molar-refractivity contribution is 6.35. The standard InChI is InChI=1S/C46H26N4O2/c1-48-36-20-14-33(15-21-36)35-19-25-42-40(27-35)39-26-34(32-12-10-29(28-47)11-13-32)18-24-41(39)50(42)43-9-5-8-38-44(43)46(52)49(45(38)51)37-22-16-31(17-23-37)30-6-3-2-4-7-30/h2-27H. The Balaban J connectivity index is 1.21. The Labute approximate surface area is 299 Å². The fraction of sp³-hybridized carbons (Fsp3) is 0. The number of carbonyl (C=O) groups is 2. The minimum atomic E-state index is -0.371. The van der Waals surface area contributed by atoms with Crippen LogP contribution in [-0.4, -0.2) is 16.4 Å². The van der Waals surface area contributed by atoms with E-state index in [4.69, 9.17) is 6.57 Å². The van der Waals surface area contributed by atoms with E-state index in [1.165, 1.54) is 4.90 Å². The number of benzene rings is 7. The predicted octanol–water partition coefficient (Wildman–Crippen LogP) is 11.0. The smallest absolute Gasteiger partial charge is 0.268 e. The molecule has 0 aliphatic carbocycles. The van der Waals surface area contributed by atoms with E-state index in [2.05, 4.69) is 33.7 Å². The zero-order chi connectivity index (χ0) is 35.3. The number of hydrogen-bond acceptors (Lipinski definition) is 3. The van der Waals surface area contributed by atoms with Crippen LogP contribution in [0.25, 0.3) is 65.7 Å². The number of aromatic nitrogens is 1. The molecule has 0 radical (unpaired) electrons. The number of rotatable bonds is 5. The average molecular weight is 667 g/mol. The number of amides is 2. The SMILES string of the molecule is [C-]#[N+]c1ccc(-c2ccc3c(c2)c2cc(-c4ccc(C#N)cc4)ccc2n3-c2cccc3c2C(=O)N(c2ccc(-c4ccccc4)cc2)C3=O)cc1. The van der Waals surface area contributed by atoms with Crippen molar-refractivity contribution in [3.63, 3.8) is 0 Å². The van der Waals surface area contributed by atoms with Crippen molar-refractivity contribution in [1.82, 2.24) is 4.57 Å². The summed E-state index contributed by atoms with van der Waals surface area (Å²) in [5.74, 6) is -0.730. The largest absolute Gasteiger partial charge is 0.308 e. The van der Waals surface area contributed by atoms with Crippen LogP contribution in [0.1, 0.15) is 26.3 Å². The maximum Gasteiger partial charge on any atom is 0.268 e. The first-order valence-electron chi connectivity index (χ1n) is 16.8. The first-order valence-corrected chi connectivity index (χ1v) is 16.8. The first kappa shape index (κ1) is 30.5. The van der Waals surface area contributed by atoms with Crippen LogP contribution >= 0.6 is 0 Å². The Morgan fingerprint density at radius 1 is 0.538 bits per heavy atom. The number of hydrogen-bond donors (Lipinski definition) is 0. The molecule has 0 saturated heterocycles. The molecule has 7 aromatic carbocycles. The summed E-state index contributed by atoms with van der Waals surface area (Å²) in [7, 11) is 0. The molecule has 0 saturated carbocycles. The lowest BCUT2D eigenvalue weighted by molar-refractivity contribution is 0.0926.